The van der Waals surface area contributed by atoms with Gasteiger partial charge in [-0.05, 0) is 48.7 Å². The molecule has 2 aliphatic heterocycles. The Morgan fingerprint density at radius 3 is 2.64 bits per heavy atom. The summed E-state index contributed by atoms with van der Waals surface area (Å²) < 4.78 is 0. The number of thiol groups is 1. The standard InChI is InChI=1S/C21H26N2OS/c24-20-11-10-19(23(20)15-14-22-12-3-4-13-22)21(25)18-9-5-7-16-6-1-2-8-17(16)18/h1-2,5-9,19,21,25H,3-4,10-15H2. The van der Waals surface area contributed by atoms with Crippen LogP contribution in [-0.4, -0.2) is 47.9 Å². The first-order chi connectivity index (χ1) is 12.2. The van der Waals surface area contributed by atoms with Gasteiger partial charge in [0.25, 0.3) is 0 Å². The van der Waals surface area contributed by atoms with Gasteiger partial charge in [-0.25, -0.2) is 0 Å². The van der Waals surface area contributed by atoms with Gasteiger partial charge in [-0.3, -0.25) is 4.79 Å². The number of carbonyl (C=O) groups excluding carboxylic acids is 1. The van der Waals surface area contributed by atoms with Crippen LogP contribution in [-0.2, 0) is 4.79 Å². The molecule has 3 nitrogen and oxygen atoms in total. The summed E-state index contributed by atoms with van der Waals surface area (Å²) in [5.74, 6) is 0.295. The number of nitrogens with zero attached hydrogens (tertiary/aromatic N) is 2. The lowest BCUT2D eigenvalue weighted by Gasteiger charge is -2.31. The summed E-state index contributed by atoms with van der Waals surface area (Å²) in [6.07, 6.45) is 4.16. The van der Waals surface area contributed by atoms with Gasteiger partial charge < -0.3 is 9.80 Å². The molecule has 2 heterocycles. The van der Waals surface area contributed by atoms with Crippen LogP contribution in [0.5, 0.6) is 0 Å². The molecule has 4 rings (SSSR count). The number of carbonyl (C=O) groups is 1. The second-order valence-electron chi connectivity index (χ2n) is 7.26. The molecule has 0 aromatic heterocycles. The summed E-state index contributed by atoms with van der Waals surface area (Å²) >= 11 is 4.99. The zero-order valence-corrected chi connectivity index (χ0v) is 15.5. The maximum atomic E-state index is 12.5. The minimum absolute atomic E-state index is 0.0659. The topological polar surface area (TPSA) is 23.6 Å². The number of hydrogen-bond acceptors (Lipinski definition) is 3. The first kappa shape index (κ1) is 16.9. The third kappa shape index (κ3) is 3.42. The molecule has 2 atom stereocenters. The fourth-order valence-electron chi connectivity index (χ4n) is 4.35. The van der Waals surface area contributed by atoms with Crippen LogP contribution in [0.2, 0.25) is 0 Å². The molecule has 0 bridgehead atoms. The van der Waals surface area contributed by atoms with E-state index in [1.54, 1.807) is 0 Å². The summed E-state index contributed by atoms with van der Waals surface area (Å²) in [4.78, 5) is 17.0. The van der Waals surface area contributed by atoms with Crippen molar-refractivity contribution in [2.75, 3.05) is 26.2 Å². The predicted octanol–water partition coefficient (Wildman–Crippen LogP) is 3.90. The van der Waals surface area contributed by atoms with Crippen molar-refractivity contribution >= 4 is 29.3 Å². The Bertz CT molecular complexity index is 751. The van der Waals surface area contributed by atoms with Crippen molar-refractivity contribution in [1.82, 2.24) is 9.80 Å². The molecule has 4 heteroatoms. The van der Waals surface area contributed by atoms with E-state index >= 15 is 0 Å². The van der Waals surface area contributed by atoms with E-state index in [1.807, 2.05) is 0 Å². The van der Waals surface area contributed by atoms with E-state index in [4.69, 9.17) is 12.6 Å². The summed E-state index contributed by atoms with van der Waals surface area (Å²) in [5.41, 5.74) is 1.24. The van der Waals surface area contributed by atoms with Gasteiger partial charge in [-0.2, -0.15) is 12.6 Å². The zero-order chi connectivity index (χ0) is 17.2. The van der Waals surface area contributed by atoms with Gasteiger partial charge in [-0.15, -0.1) is 0 Å². The number of hydrogen-bond donors (Lipinski definition) is 1. The van der Waals surface area contributed by atoms with Gasteiger partial charge in [0.15, 0.2) is 0 Å². The average molecular weight is 355 g/mol. The van der Waals surface area contributed by atoms with Crippen LogP contribution in [0.1, 0.15) is 36.5 Å². The molecule has 0 N–H and O–H groups in total. The highest BCUT2D eigenvalue weighted by atomic mass is 32.1. The molecule has 0 aliphatic carbocycles. The van der Waals surface area contributed by atoms with Gasteiger partial charge in [0.1, 0.15) is 0 Å². The van der Waals surface area contributed by atoms with E-state index in [0.717, 1.165) is 19.5 Å². The maximum absolute atomic E-state index is 12.5. The van der Waals surface area contributed by atoms with Crippen LogP contribution in [0.3, 0.4) is 0 Å². The number of benzene rings is 2. The number of fused-ring (bicyclic) bond motifs is 1. The summed E-state index contributed by atoms with van der Waals surface area (Å²) in [5, 5.41) is 2.56. The highest BCUT2D eigenvalue weighted by Crippen LogP contribution is 2.37. The Morgan fingerprint density at radius 1 is 1.04 bits per heavy atom. The van der Waals surface area contributed by atoms with Crippen LogP contribution in [0.15, 0.2) is 42.5 Å². The molecule has 2 aliphatic rings. The van der Waals surface area contributed by atoms with Crippen molar-refractivity contribution in [2.45, 2.75) is 37.0 Å². The fourth-order valence-corrected chi connectivity index (χ4v) is 4.88. The highest BCUT2D eigenvalue weighted by molar-refractivity contribution is 7.80. The number of amides is 1. The van der Waals surface area contributed by atoms with Crippen LogP contribution in [0.4, 0.5) is 0 Å². The number of rotatable bonds is 5. The molecule has 132 valence electrons. The molecular weight excluding hydrogens is 328 g/mol. The van der Waals surface area contributed by atoms with Crippen LogP contribution < -0.4 is 0 Å². The van der Waals surface area contributed by atoms with E-state index in [1.165, 1.54) is 42.3 Å². The Balaban J connectivity index is 1.54. The van der Waals surface area contributed by atoms with Gasteiger partial charge in [0.2, 0.25) is 5.91 Å². The average Bonchev–Trinajstić information content (AvgIpc) is 3.28. The number of likely N-dealkylation sites (tertiary alicyclic amines) is 2. The maximum Gasteiger partial charge on any atom is 0.222 e. The molecular formula is C21H26N2OS. The molecule has 2 unspecified atom stereocenters. The van der Waals surface area contributed by atoms with E-state index in [2.05, 4.69) is 52.3 Å². The second kappa shape index (κ2) is 7.38. The molecule has 2 fully saturated rings. The van der Waals surface area contributed by atoms with Crippen LogP contribution in [0.25, 0.3) is 10.8 Å². The Hall–Kier alpha value is -1.52. The summed E-state index contributed by atoms with van der Waals surface area (Å²) in [6, 6.07) is 15.1. The van der Waals surface area contributed by atoms with Crippen LogP contribution in [0, 0.1) is 0 Å². The van der Waals surface area contributed by atoms with Crippen molar-refractivity contribution in [3.05, 3.63) is 48.0 Å². The van der Waals surface area contributed by atoms with Crippen molar-refractivity contribution in [3.63, 3.8) is 0 Å². The molecule has 0 spiro atoms. The quantitative estimate of drug-likeness (QED) is 0.823. The summed E-state index contributed by atoms with van der Waals surface area (Å²) in [7, 11) is 0. The fraction of sp³-hybridized carbons (Fsp3) is 0.476. The van der Waals surface area contributed by atoms with Crippen molar-refractivity contribution in [2.24, 2.45) is 0 Å². The second-order valence-corrected chi connectivity index (χ2v) is 7.81. The Kier molecular flexibility index (Phi) is 5.00. The van der Waals surface area contributed by atoms with Crippen molar-refractivity contribution in [3.8, 4) is 0 Å². The molecule has 2 aromatic rings. The first-order valence-corrected chi connectivity index (χ1v) is 9.93. The summed E-state index contributed by atoms with van der Waals surface area (Å²) in [6.45, 7) is 4.20. The van der Waals surface area contributed by atoms with E-state index in [0.29, 0.717) is 12.3 Å². The van der Waals surface area contributed by atoms with E-state index < -0.39 is 0 Å². The first-order valence-electron chi connectivity index (χ1n) is 9.41. The molecule has 2 saturated heterocycles. The molecule has 2 aromatic carbocycles. The van der Waals surface area contributed by atoms with E-state index in [-0.39, 0.29) is 11.3 Å². The Morgan fingerprint density at radius 2 is 1.80 bits per heavy atom. The molecule has 25 heavy (non-hydrogen) atoms. The predicted molar refractivity (Wildman–Crippen MR) is 106 cm³/mol. The minimum atomic E-state index is 0.0659. The molecule has 0 radical (unpaired) electrons. The minimum Gasteiger partial charge on any atom is -0.337 e. The van der Waals surface area contributed by atoms with Gasteiger partial charge in [-0.1, -0.05) is 42.5 Å². The molecule has 0 saturated carbocycles. The van der Waals surface area contributed by atoms with Gasteiger partial charge >= 0.3 is 0 Å². The Labute approximate surface area is 155 Å². The largest absolute Gasteiger partial charge is 0.337 e. The van der Waals surface area contributed by atoms with Crippen LogP contribution >= 0.6 is 12.6 Å². The van der Waals surface area contributed by atoms with E-state index in [9.17, 15) is 4.79 Å². The SMILES string of the molecule is O=C1CCC(C(S)c2cccc3ccccc23)N1CCN1CCCC1. The third-order valence-corrected chi connectivity index (χ3v) is 6.36. The molecule has 1 amide bonds. The van der Waals surface area contributed by atoms with Gasteiger partial charge in [0, 0.05) is 30.8 Å². The third-order valence-electron chi connectivity index (χ3n) is 5.74. The monoisotopic (exact) mass is 354 g/mol. The normalized spacial score (nSPS) is 22.8. The lowest BCUT2D eigenvalue weighted by Crippen LogP contribution is -2.41. The van der Waals surface area contributed by atoms with Crippen molar-refractivity contribution < 1.29 is 4.79 Å². The zero-order valence-electron chi connectivity index (χ0n) is 14.6. The highest BCUT2D eigenvalue weighted by Gasteiger charge is 2.36. The smallest absolute Gasteiger partial charge is 0.222 e. The van der Waals surface area contributed by atoms with Gasteiger partial charge in [0.05, 0.1) is 0 Å². The van der Waals surface area contributed by atoms with Crippen molar-refractivity contribution in [1.29, 1.82) is 0 Å². The lowest BCUT2D eigenvalue weighted by atomic mass is 9.97. The lowest BCUT2D eigenvalue weighted by molar-refractivity contribution is -0.129.